The SMILES string of the molecule is Nc1ncccc1CNC(=O)c1ccc(CC2CCNC2)cc1. The molecule has 1 aliphatic rings. The van der Waals surface area contributed by atoms with E-state index in [0.717, 1.165) is 25.1 Å². The molecule has 1 aromatic heterocycles. The van der Waals surface area contributed by atoms with Crippen LogP contribution >= 0.6 is 0 Å². The van der Waals surface area contributed by atoms with Crippen LogP contribution < -0.4 is 16.4 Å². The molecule has 1 aromatic carbocycles. The first kappa shape index (κ1) is 15.5. The molecule has 1 saturated heterocycles. The van der Waals surface area contributed by atoms with Gasteiger partial charge in [0.25, 0.3) is 5.91 Å². The number of hydrogen-bond donors (Lipinski definition) is 3. The number of nitrogens with two attached hydrogens (primary N) is 1. The Bertz CT molecular complexity index is 663. The summed E-state index contributed by atoms with van der Waals surface area (Å²) in [5.41, 5.74) is 8.55. The second kappa shape index (κ2) is 7.24. The van der Waals surface area contributed by atoms with Crippen molar-refractivity contribution in [2.45, 2.75) is 19.4 Å². The quantitative estimate of drug-likeness (QED) is 0.786. The van der Waals surface area contributed by atoms with Gasteiger partial charge in [0.15, 0.2) is 0 Å². The van der Waals surface area contributed by atoms with Gasteiger partial charge in [-0.15, -0.1) is 0 Å². The van der Waals surface area contributed by atoms with E-state index in [-0.39, 0.29) is 5.91 Å². The zero-order valence-electron chi connectivity index (χ0n) is 13.1. The highest BCUT2D eigenvalue weighted by molar-refractivity contribution is 5.94. The molecule has 1 unspecified atom stereocenters. The Morgan fingerprint density at radius 3 is 2.83 bits per heavy atom. The molecule has 2 aromatic rings. The van der Waals surface area contributed by atoms with Gasteiger partial charge in [0, 0.05) is 23.9 Å². The van der Waals surface area contributed by atoms with Crippen LogP contribution in [0.15, 0.2) is 42.6 Å². The number of hydrogen-bond acceptors (Lipinski definition) is 4. The van der Waals surface area contributed by atoms with Crippen molar-refractivity contribution in [3.8, 4) is 0 Å². The molecule has 3 rings (SSSR count). The van der Waals surface area contributed by atoms with Gasteiger partial charge in [-0.25, -0.2) is 4.98 Å². The second-order valence-electron chi connectivity index (χ2n) is 5.99. The molecule has 0 bridgehead atoms. The third-order valence-electron chi connectivity index (χ3n) is 4.27. The van der Waals surface area contributed by atoms with Crippen LogP contribution in [-0.4, -0.2) is 24.0 Å². The second-order valence-corrected chi connectivity index (χ2v) is 5.99. The lowest BCUT2D eigenvalue weighted by Crippen LogP contribution is -2.23. The van der Waals surface area contributed by atoms with E-state index in [1.165, 1.54) is 12.0 Å². The average Bonchev–Trinajstić information content (AvgIpc) is 3.07. The number of aromatic nitrogens is 1. The molecule has 1 amide bonds. The average molecular weight is 310 g/mol. The topological polar surface area (TPSA) is 80.0 Å². The van der Waals surface area contributed by atoms with E-state index in [1.54, 1.807) is 6.20 Å². The lowest BCUT2D eigenvalue weighted by Gasteiger charge is -2.10. The number of nitrogen functional groups attached to an aromatic ring is 1. The lowest BCUT2D eigenvalue weighted by atomic mass is 9.98. The van der Waals surface area contributed by atoms with Crippen molar-refractivity contribution >= 4 is 11.7 Å². The molecule has 0 saturated carbocycles. The minimum atomic E-state index is -0.0951. The van der Waals surface area contributed by atoms with Gasteiger partial charge in [0.05, 0.1) is 0 Å². The molecule has 23 heavy (non-hydrogen) atoms. The highest BCUT2D eigenvalue weighted by Crippen LogP contribution is 2.16. The van der Waals surface area contributed by atoms with Crippen molar-refractivity contribution in [1.82, 2.24) is 15.6 Å². The van der Waals surface area contributed by atoms with Crippen LogP contribution in [0.4, 0.5) is 5.82 Å². The summed E-state index contributed by atoms with van der Waals surface area (Å²) in [7, 11) is 0. The van der Waals surface area contributed by atoms with Gasteiger partial charge in [-0.2, -0.15) is 0 Å². The summed E-state index contributed by atoms with van der Waals surface area (Å²) in [5, 5.41) is 6.26. The van der Waals surface area contributed by atoms with Crippen molar-refractivity contribution in [1.29, 1.82) is 0 Å². The van der Waals surface area contributed by atoms with Gasteiger partial charge >= 0.3 is 0 Å². The first-order chi connectivity index (χ1) is 11.2. The molecule has 120 valence electrons. The smallest absolute Gasteiger partial charge is 0.251 e. The fourth-order valence-electron chi connectivity index (χ4n) is 2.89. The molecule has 5 nitrogen and oxygen atoms in total. The highest BCUT2D eigenvalue weighted by Gasteiger charge is 2.15. The Morgan fingerprint density at radius 1 is 1.30 bits per heavy atom. The van der Waals surface area contributed by atoms with E-state index in [2.05, 4.69) is 15.6 Å². The number of nitrogens with zero attached hydrogens (tertiary/aromatic N) is 1. The molecule has 4 N–H and O–H groups in total. The molecule has 1 fully saturated rings. The number of nitrogens with one attached hydrogen (secondary N) is 2. The van der Waals surface area contributed by atoms with Crippen LogP contribution in [0, 0.1) is 5.92 Å². The summed E-state index contributed by atoms with van der Waals surface area (Å²) in [4.78, 5) is 16.2. The van der Waals surface area contributed by atoms with Gasteiger partial charge in [0.2, 0.25) is 0 Å². The van der Waals surface area contributed by atoms with Gasteiger partial charge in [-0.05, 0) is 55.6 Å². The highest BCUT2D eigenvalue weighted by atomic mass is 16.1. The third-order valence-corrected chi connectivity index (χ3v) is 4.27. The van der Waals surface area contributed by atoms with E-state index in [9.17, 15) is 4.79 Å². The van der Waals surface area contributed by atoms with Crippen LogP contribution in [0.3, 0.4) is 0 Å². The first-order valence-corrected chi connectivity index (χ1v) is 7.99. The van der Waals surface area contributed by atoms with E-state index >= 15 is 0 Å². The van der Waals surface area contributed by atoms with E-state index in [1.807, 2.05) is 36.4 Å². The van der Waals surface area contributed by atoms with Crippen molar-refractivity contribution in [2.75, 3.05) is 18.8 Å². The predicted molar refractivity (Wildman–Crippen MR) is 90.9 cm³/mol. The van der Waals surface area contributed by atoms with Crippen LogP contribution in [0.2, 0.25) is 0 Å². The maximum atomic E-state index is 12.2. The third kappa shape index (κ3) is 4.07. The van der Waals surface area contributed by atoms with Crippen LogP contribution in [0.5, 0.6) is 0 Å². The minimum absolute atomic E-state index is 0.0951. The number of pyridine rings is 1. The number of amides is 1. The predicted octanol–water partition coefficient (Wildman–Crippen LogP) is 1.75. The molecule has 0 spiro atoms. The number of carbonyl (C=O) groups excluding carboxylic acids is 1. The van der Waals surface area contributed by atoms with E-state index < -0.39 is 0 Å². The largest absolute Gasteiger partial charge is 0.383 e. The Hall–Kier alpha value is -2.40. The summed E-state index contributed by atoms with van der Waals surface area (Å²) >= 11 is 0. The Morgan fingerprint density at radius 2 is 2.13 bits per heavy atom. The number of carbonyl (C=O) groups is 1. The molecule has 0 radical (unpaired) electrons. The summed E-state index contributed by atoms with van der Waals surface area (Å²) in [6.45, 7) is 2.59. The normalized spacial score (nSPS) is 17.1. The summed E-state index contributed by atoms with van der Waals surface area (Å²) in [6, 6.07) is 11.5. The van der Waals surface area contributed by atoms with Crippen LogP contribution in [-0.2, 0) is 13.0 Å². The molecule has 1 aliphatic heterocycles. The fourth-order valence-corrected chi connectivity index (χ4v) is 2.89. The monoisotopic (exact) mass is 310 g/mol. The van der Waals surface area contributed by atoms with Crippen LogP contribution in [0.1, 0.15) is 27.9 Å². The fraction of sp³-hybridized carbons (Fsp3) is 0.333. The van der Waals surface area contributed by atoms with Crippen molar-refractivity contribution in [3.63, 3.8) is 0 Å². The van der Waals surface area contributed by atoms with Gasteiger partial charge in [0.1, 0.15) is 5.82 Å². The summed E-state index contributed by atoms with van der Waals surface area (Å²) in [6.07, 6.45) is 3.94. The Kier molecular flexibility index (Phi) is 4.88. The summed E-state index contributed by atoms with van der Waals surface area (Å²) in [5.74, 6) is 1.07. The maximum Gasteiger partial charge on any atom is 0.251 e. The summed E-state index contributed by atoms with van der Waals surface area (Å²) < 4.78 is 0. The Balaban J connectivity index is 1.56. The maximum absolute atomic E-state index is 12.2. The Labute approximate surface area is 136 Å². The molecule has 5 heteroatoms. The number of rotatable bonds is 5. The molecule has 0 aliphatic carbocycles. The molecule has 2 heterocycles. The van der Waals surface area contributed by atoms with Gasteiger partial charge in [-0.1, -0.05) is 18.2 Å². The minimum Gasteiger partial charge on any atom is -0.383 e. The van der Waals surface area contributed by atoms with Crippen molar-refractivity contribution in [3.05, 3.63) is 59.3 Å². The van der Waals surface area contributed by atoms with Gasteiger partial charge in [-0.3, -0.25) is 4.79 Å². The van der Waals surface area contributed by atoms with Crippen molar-refractivity contribution < 1.29 is 4.79 Å². The van der Waals surface area contributed by atoms with E-state index in [0.29, 0.717) is 23.8 Å². The standard InChI is InChI=1S/C18H22N4O/c19-17-16(2-1-8-21-17)12-22-18(23)15-5-3-13(4-6-15)10-14-7-9-20-11-14/h1-6,8,14,20H,7,9-12H2,(H2,19,21)(H,22,23). The van der Waals surface area contributed by atoms with Crippen molar-refractivity contribution in [2.24, 2.45) is 5.92 Å². The first-order valence-electron chi connectivity index (χ1n) is 7.99. The lowest BCUT2D eigenvalue weighted by molar-refractivity contribution is 0.0951. The zero-order chi connectivity index (χ0) is 16.1. The van der Waals surface area contributed by atoms with Gasteiger partial charge < -0.3 is 16.4 Å². The number of anilines is 1. The van der Waals surface area contributed by atoms with E-state index in [4.69, 9.17) is 5.73 Å². The zero-order valence-corrected chi connectivity index (χ0v) is 13.1. The number of benzene rings is 1. The van der Waals surface area contributed by atoms with Crippen LogP contribution in [0.25, 0.3) is 0 Å². The molecular formula is C18H22N4O. The molecular weight excluding hydrogens is 288 g/mol. The molecule has 1 atom stereocenters.